The highest BCUT2D eigenvalue weighted by molar-refractivity contribution is 5.84. The largest absolute Gasteiger partial charge is 0.487 e. The van der Waals surface area contributed by atoms with E-state index in [4.69, 9.17) is 10.5 Å². The number of hydrogen-bond donors (Lipinski definition) is 2. The molecule has 0 bridgehead atoms. The highest BCUT2D eigenvalue weighted by Crippen LogP contribution is 2.26. The van der Waals surface area contributed by atoms with Gasteiger partial charge < -0.3 is 15.8 Å². The van der Waals surface area contributed by atoms with Crippen LogP contribution in [0.3, 0.4) is 0 Å². The van der Waals surface area contributed by atoms with Gasteiger partial charge in [0.15, 0.2) is 11.6 Å². The normalized spacial score (nSPS) is 18.9. The Morgan fingerprint density at radius 1 is 1.52 bits per heavy atom. The van der Waals surface area contributed by atoms with Crippen molar-refractivity contribution in [1.82, 2.24) is 5.32 Å². The Hall–Kier alpha value is -1.69. The lowest BCUT2D eigenvalue weighted by molar-refractivity contribution is -0.124. The van der Waals surface area contributed by atoms with Crippen LogP contribution in [0.25, 0.3) is 0 Å². The van der Waals surface area contributed by atoms with Crippen LogP contribution in [-0.4, -0.2) is 23.6 Å². The van der Waals surface area contributed by atoms with Gasteiger partial charge in [-0.25, -0.2) is 8.78 Å². The van der Waals surface area contributed by atoms with Crippen molar-refractivity contribution in [3.8, 4) is 5.75 Å². The molecule has 0 aromatic heterocycles. The number of hydrogen-bond acceptors (Lipinski definition) is 3. The molecule has 2 atom stereocenters. The van der Waals surface area contributed by atoms with E-state index in [1.54, 1.807) is 13.8 Å². The van der Waals surface area contributed by atoms with E-state index in [0.717, 1.165) is 31.0 Å². The molecule has 0 saturated heterocycles. The Labute approximate surface area is 122 Å². The summed E-state index contributed by atoms with van der Waals surface area (Å²) >= 11 is 0. The number of rotatable bonds is 7. The molecule has 1 fully saturated rings. The van der Waals surface area contributed by atoms with Crippen LogP contribution in [0.5, 0.6) is 5.75 Å². The maximum absolute atomic E-state index is 13.5. The van der Waals surface area contributed by atoms with Gasteiger partial charge in [0.1, 0.15) is 5.82 Å². The molecule has 2 rings (SSSR count). The molecule has 3 N–H and O–H groups in total. The maximum Gasteiger partial charge on any atom is 0.237 e. The SMILES string of the molecule is CC(CC(C)(NC1CC1)C(N)=O)Oc1cc(F)ccc1F. The number of carbonyl (C=O) groups is 1. The first-order valence-corrected chi connectivity index (χ1v) is 6.99. The molecule has 21 heavy (non-hydrogen) atoms. The van der Waals surface area contributed by atoms with Gasteiger partial charge in [-0.1, -0.05) is 0 Å². The van der Waals surface area contributed by atoms with E-state index in [1.165, 1.54) is 0 Å². The summed E-state index contributed by atoms with van der Waals surface area (Å²) in [5, 5.41) is 3.19. The molecule has 0 spiro atoms. The number of benzene rings is 1. The van der Waals surface area contributed by atoms with Crippen molar-refractivity contribution in [2.24, 2.45) is 5.73 Å². The van der Waals surface area contributed by atoms with Gasteiger partial charge in [0.25, 0.3) is 0 Å². The molecule has 1 amide bonds. The van der Waals surface area contributed by atoms with Crippen molar-refractivity contribution >= 4 is 5.91 Å². The zero-order valence-corrected chi connectivity index (χ0v) is 12.2. The van der Waals surface area contributed by atoms with Gasteiger partial charge in [-0.2, -0.15) is 0 Å². The fourth-order valence-corrected chi connectivity index (χ4v) is 2.31. The van der Waals surface area contributed by atoms with Crippen molar-refractivity contribution in [2.75, 3.05) is 0 Å². The second-order valence-corrected chi connectivity index (χ2v) is 5.82. The third kappa shape index (κ3) is 4.14. The average Bonchev–Trinajstić information content (AvgIpc) is 3.17. The van der Waals surface area contributed by atoms with Crippen LogP contribution in [0.1, 0.15) is 33.1 Å². The minimum Gasteiger partial charge on any atom is -0.487 e. The molecule has 0 heterocycles. The molecule has 0 radical (unpaired) electrons. The van der Waals surface area contributed by atoms with E-state index in [1.807, 2.05) is 0 Å². The second-order valence-electron chi connectivity index (χ2n) is 5.82. The Bertz CT molecular complexity index is 534. The minimum atomic E-state index is -0.926. The van der Waals surface area contributed by atoms with Crippen LogP contribution >= 0.6 is 0 Å². The number of nitrogens with one attached hydrogen (secondary N) is 1. The van der Waals surface area contributed by atoms with Crippen molar-refractivity contribution < 1.29 is 18.3 Å². The molecule has 0 aliphatic heterocycles. The number of primary amides is 1. The lowest BCUT2D eigenvalue weighted by atomic mass is 9.93. The fourth-order valence-electron chi connectivity index (χ4n) is 2.31. The standard InChI is InChI=1S/C15H20F2N2O2/c1-9(21-13-7-10(16)3-6-12(13)17)8-15(2,14(18)20)19-11-4-5-11/h3,6-7,9,11,19H,4-5,8H2,1-2H3,(H2,18,20). The molecule has 1 aliphatic rings. The molecule has 1 saturated carbocycles. The van der Waals surface area contributed by atoms with E-state index in [0.29, 0.717) is 6.04 Å². The predicted octanol–water partition coefficient (Wildman–Crippen LogP) is 2.12. The summed E-state index contributed by atoms with van der Waals surface area (Å²) in [5.41, 5.74) is 4.53. The van der Waals surface area contributed by atoms with E-state index < -0.39 is 29.2 Å². The quantitative estimate of drug-likeness (QED) is 0.810. The van der Waals surface area contributed by atoms with Crippen molar-refractivity contribution in [1.29, 1.82) is 0 Å². The second kappa shape index (κ2) is 5.97. The minimum absolute atomic E-state index is 0.166. The molecular weight excluding hydrogens is 278 g/mol. The zero-order chi connectivity index (χ0) is 15.6. The summed E-state index contributed by atoms with van der Waals surface area (Å²) in [7, 11) is 0. The number of ether oxygens (including phenoxy) is 1. The maximum atomic E-state index is 13.5. The first kappa shape index (κ1) is 15.7. The van der Waals surface area contributed by atoms with Crippen LogP contribution in [0.4, 0.5) is 8.78 Å². The lowest BCUT2D eigenvalue weighted by Gasteiger charge is -2.30. The first-order chi connectivity index (χ1) is 9.80. The van der Waals surface area contributed by atoms with Gasteiger partial charge in [-0.05, 0) is 38.8 Å². The summed E-state index contributed by atoms with van der Waals surface area (Å²) < 4.78 is 32.1. The van der Waals surface area contributed by atoms with Crippen LogP contribution in [0, 0.1) is 11.6 Å². The summed E-state index contributed by atoms with van der Waals surface area (Å²) in [6.07, 6.45) is 1.80. The summed E-state index contributed by atoms with van der Waals surface area (Å²) in [6, 6.07) is 3.31. The van der Waals surface area contributed by atoms with Gasteiger partial charge in [-0.3, -0.25) is 4.79 Å². The van der Waals surface area contributed by atoms with Gasteiger partial charge in [-0.15, -0.1) is 0 Å². The van der Waals surface area contributed by atoms with Crippen LogP contribution in [0.2, 0.25) is 0 Å². The van der Waals surface area contributed by atoms with Gasteiger partial charge in [0.05, 0.1) is 11.6 Å². The van der Waals surface area contributed by atoms with Crippen molar-refractivity contribution in [2.45, 2.75) is 50.8 Å². The molecule has 2 unspecified atom stereocenters. The molecule has 6 heteroatoms. The van der Waals surface area contributed by atoms with Crippen LogP contribution < -0.4 is 15.8 Å². The van der Waals surface area contributed by atoms with E-state index >= 15 is 0 Å². The first-order valence-electron chi connectivity index (χ1n) is 6.99. The third-order valence-electron chi connectivity index (χ3n) is 3.56. The molecule has 4 nitrogen and oxygen atoms in total. The number of nitrogens with two attached hydrogens (primary N) is 1. The monoisotopic (exact) mass is 298 g/mol. The molecule has 1 aromatic carbocycles. The number of carbonyl (C=O) groups excluding carboxylic acids is 1. The van der Waals surface area contributed by atoms with Crippen molar-refractivity contribution in [3.05, 3.63) is 29.8 Å². The Kier molecular flexibility index (Phi) is 4.46. The predicted molar refractivity (Wildman–Crippen MR) is 74.8 cm³/mol. The molecule has 1 aliphatic carbocycles. The Morgan fingerprint density at radius 3 is 2.76 bits per heavy atom. The summed E-state index contributed by atoms with van der Waals surface area (Å²) in [4.78, 5) is 11.7. The summed E-state index contributed by atoms with van der Waals surface area (Å²) in [5.74, 6) is -1.86. The number of amides is 1. The van der Waals surface area contributed by atoms with E-state index in [-0.39, 0.29) is 12.2 Å². The van der Waals surface area contributed by atoms with E-state index in [2.05, 4.69) is 5.32 Å². The van der Waals surface area contributed by atoms with Gasteiger partial charge in [0, 0.05) is 18.5 Å². The smallest absolute Gasteiger partial charge is 0.237 e. The van der Waals surface area contributed by atoms with Crippen molar-refractivity contribution in [3.63, 3.8) is 0 Å². The Balaban J connectivity index is 2.03. The molecule has 1 aromatic rings. The van der Waals surface area contributed by atoms with Crippen LogP contribution in [-0.2, 0) is 4.79 Å². The summed E-state index contributed by atoms with van der Waals surface area (Å²) in [6.45, 7) is 3.40. The van der Waals surface area contributed by atoms with E-state index in [9.17, 15) is 13.6 Å². The fraction of sp³-hybridized carbons (Fsp3) is 0.533. The van der Waals surface area contributed by atoms with Crippen LogP contribution in [0.15, 0.2) is 18.2 Å². The zero-order valence-electron chi connectivity index (χ0n) is 12.2. The van der Waals surface area contributed by atoms with Gasteiger partial charge in [0.2, 0.25) is 5.91 Å². The average molecular weight is 298 g/mol. The van der Waals surface area contributed by atoms with Gasteiger partial charge >= 0.3 is 0 Å². The topological polar surface area (TPSA) is 64.3 Å². The lowest BCUT2D eigenvalue weighted by Crippen LogP contribution is -2.55. The highest BCUT2D eigenvalue weighted by atomic mass is 19.1. The Morgan fingerprint density at radius 2 is 2.19 bits per heavy atom. The molecular formula is C15H20F2N2O2. The highest BCUT2D eigenvalue weighted by Gasteiger charge is 2.38. The number of halogens is 2. The third-order valence-corrected chi connectivity index (χ3v) is 3.56. The molecule has 116 valence electrons.